The van der Waals surface area contributed by atoms with E-state index in [1.807, 2.05) is 18.3 Å². The first-order valence-corrected chi connectivity index (χ1v) is 9.59. The minimum atomic E-state index is 0.611. The fourth-order valence-electron chi connectivity index (χ4n) is 2.43. The predicted molar refractivity (Wildman–Crippen MR) is 105 cm³/mol. The number of benzene rings is 1. The van der Waals surface area contributed by atoms with Crippen LogP contribution in [-0.2, 0) is 30.7 Å². The van der Waals surface area contributed by atoms with E-state index in [-0.39, 0.29) is 0 Å². The Balaban J connectivity index is 1.91. The SMILES string of the molecule is CCNC(=NCc1ccccc1COC)NCCc1ncc(CC)s1. The summed E-state index contributed by atoms with van der Waals surface area (Å²) in [5.74, 6) is 0.835. The molecule has 0 amide bonds. The van der Waals surface area contributed by atoms with Crippen LogP contribution in [0.2, 0.25) is 0 Å². The average Bonchev–Trinajstić information content (AvgIpc) is 3.09. The van der Waals surface area contributed by atoms with Crippen LogP contribution in [0, 0.1) is 0 Å². The molecule has 0 unspecified atom stereocenters. The highest BCUT2D eigenvalue weighted by molar-refractivity contribution is 7.11. The normalized spacial score (nSPS) is 11.6. The van der Waals surface area contributed by atoms with E-state index in [2.05, 4.69) is 41.6 Å². The number of hydrogen-bond donors (Lipinski definition) is 2. The van der Waals surface area contributed by atoms with Gasteiger partial charge in [0.1, 0.15) is 0 Å². The Morgan fingerprint density at radius 2 is 2.00 bits per heavy atom. The molecule has 0 bridgehead atoms. The molecule has 0 fully saturated rings. The summed E-state index contributed by atoms with van der Waals surface area (Å²) >= 11 is 1.79. The van der Waals surface area contributed by atoms with Crippen molar-refractivity contribution in [2.75, 3.05) is 20.2 Å². The van der Waals surface area contributed by atoms with Crippen LogP contribution in [0.4, 0.5) is 0 Å². The molecule has 0 saturated heterocycles. The molecule has 0 aliphatic carbocycles. The first kappa shape index (κ1) is 19.4. The maximum Gasteiger partial charge on any atom is 0.191 e. The first-order chi connectivity index (χ1) is 12.3. The Kier molecular flexibility index (Phi) is 8.42. The molecule has 136 valence electrons. The molecule has 0 aliphatic rings. The van der Waals surface area contributed by atoms with Gasteiger partial charge in [0, 0.05) is 37.7 Å². The first-order valence-electron chi connectivity index (χ1n) is 8.78. The number of ether oxygens (including phenoxy) is 1. The molecule has 1 aromatic heterocycles. The number of hydrogen-bond acceptors (Lipinski definition) is 4. The minimum absolute atomic E-state index is 0.611. The number of aryl methyl sites for hydroxylation is 1. The summed E-state index contributed by atoms with van der Waals surface area (Å²) in [5, 5.41) is 7.86. The van der Waals surface area contributed by atoms with E-state index in [4.69, 9.17) is 9.73 Å². The van der Waals surface area contributed by atoms with Crippen LogP contribution in [0.5, 0.6) is 0 Å². The molecule has 0 atom stereocenters. The molecular formula is C19H28N4OS. The second kappa shape index (κ2) is 10.8. The van der Waals surface area contributed by atoms with Crippen molar-refractivity contribution in [3.05, 3.63) is 51.5 Å². The zero-order valence-electron chi connectivity index (χ0n) is 15.3. The number of aliphatic imine (C=N–C) groups is 1. The van der Waals surface area contributed by atoms with E-state index < -0.39 is 0 Å². The molecule has 0 aliphatic heterocycles. The predicted octanol–water partition coefficient (Wildman–Crippen LogP) is 3.15. The second-order valence-corrected chi connectivity index (χ2v) is 6.85. The smallest absolute Gasteiger partial charge is 0.191 e. The van der Waals surface area contributed by atoms with Gasteiger partial charge < -0.3 is 15.4 Å². The molecule has 2 rings (SSSR count). The summed E-state index contributed by atoms with van der Waals surface area (Å²) < 4.78 is 5.26. The molecule has 0 spiro atoms. The highest BCUT2D eigenvalue weighted by atomic mass is 32.1. The van der Waals surface area contributed by atoms with Crippen LogP contribution in [0.25, 0.3) is 0 Å². The van der Waals surface area contributed by atoms with E-state index in [0.29, 0.717) is 13.2 Å². The molecule has 25 heavy (non-hydrogen) atoms. The molecule has 2 N–H and O–H groups in total. The van der Waals surface area contributed by atoms with Gasteiger partial charge in [0.15, 0.2) is 5.96 Å². The van der Waals surface area contributed by atoms with Crippen molar-refractivity contribution < 1.29 is 4.74 Å². The van der Waals surface area contributed by atoms with Gasteiger partial charge in [-0.1, -0.05) is 31.2 Å². The van der Waals surface area contributed by atoms with E-state index in [0.717, 1.165) is 31.9 Å². The van der Waals surface area contributed by atoms with Crippen LogP contribution in [0.1, 0.15) is 34.9 Å². The molecule has 0 saturated carbocycles. The van der Waals surface area contributed by atoms with Crippen molar-refractivity contribution >= 4 is 17.3 Å². The lowest BCUT2D eigenvalue weighted by Crippen LogP contribution is -2.38. The quantitative estimate of drug-likeness (QED) is 0.533. The lowest BCUT2D eigenvalue weighted by atomic mass is 10.1. The number of nitrogens with zero attached hydrogens (tertiary/aromatic N) is 2. The fraction of sp³-hybridized carbons (Fsp3) is 0.474. The van der Waals surface area contributed by atoms with Crippen LogP contribution >= 0.6 is 11.3 Å². The number of methoxy groups -OCH3 is 1. The third kappa shape index (κ3) is 6.48. The van der Waals surface area contributed by atoms with Crippen LogP contribution in [0.3, 0.4) is 0 Å². The Morgan fingerprint density at radius 1 is 1.20 bits per heavy atom. The van der Waals surface area contributed by atoms with Gasteiger partial charge >= 0.3 is 0 Å². The molecule has 1 heterocycles. The van der Waals surface area contributed by atoms with Gasteiger partial charge in [0.05, 0.1) is 18.2 Å². The van der Waals surface area contributed by atoms with Gasteiger partial charge in [-0.25, -0.2) is 9.98 Å². The maximum atomic E-state index is 5.26. The second-order valence-electron chi connectivity index (χ2n) is 5.65. The van der Waals surface area contributed by atoms with E-state index >= 15 is 0 Å². The summed E-state index contributed by atoms with van der Waals surface area (Å²) in [7, 11) is 1.72. The lowest BCUT2D eigenvalue weighted by molar-refractivity contribution is 0.184. The highest BCUT2D eigenvalue weighted by Gasteiger charge is 2.04. The zero-order valence-corrected chi connectivity index (χ0v) is 16.2. The van der Waals surface area contributed by atoms with Crippen molar-refractivity contribution in [2.45, 2.75) is 39.8 Å². The lowest BCUT2D eigenvalue weighted by Gasteiger charge is -2.12. The molecule has 2 aromatic rings. The van der Waals surface area contributed by atoms with Crippen LogP contribution in [-0.4, -0.2) is 31.1 Å². The Morgan fingerprint density at radius 3 is 2.68 bits per heavy atom. The van der Waals surface area contributed by atoms with Gasteiger partial charge in [-0.15, -0.1) is 11.3 Å². The van der Waals surface area contributed by atoms with E-state index in [1.54, 1.807) is 18.4 Å². The fourth-order valence-corrected chi connectivity index (χ4v) is 3.29. The van der Waals surface area contributed by atoms with Crippen molar-refractivity contribution in [3.63, 3.8) is 0 Å². The Labute approximate surface area is 154 Å². The zero-order chi connectivity index (χ0) is 17.9. The third-order valence-corrected chi connectivity index (χ3v) is 4.95. The Bertz CT molecular complexity index is 669. The van der Waals surface area contributed by atoms with E-state index in [1.165, 1.54) is 21.0 Å². The average molecular weight is 361 g/mol. The summed E-state index contributed by atoms with van der Waals surface area (Å²) in [4.78, 5) is 10.5. The van der Waals surface area contributed by atoms with Crippen LogP contribution < -0.4 is 10.6 Å². The molecule has 0 radical (unpaired) electrons. The summed E-state index contributed by atoms with van der Waals surface area (Å²) in [6.45, 7) is 7.13. The van der Waals surface area contributed by atoms with Gasteiger partial charge in [-0.05, 0) is 24.5 Å². The van der Waals surface area contributed by atoms with E-state index in [9.17, 15) is 0 Å². The van der Waals surface area contributed by atoms with Crippen molar-refractivity contribution in [1.29, 1.82) is 0 Å². The monoisotopic (exact) mass is 360 g/mol. The molecule has 5 nitrogen and oxygen atoms in total. The number of aromatic nitrogens is 1. The van der Waals surface area contributed by atoms with Gasteiger partial charge in [0.25, 0.3) is 0 Å². The third-order valence-electron chi connectivity index (χ3n) is 3.75. The Hall–Kier alpha value is -1.92. The number of nitrogens with one attached hydrogen (secondary N) is 2. The van der Waals surface area contributed by atoms with Crippen LogP contribution in [0.15, 0.2) is 35.5 Å². The summed E-state index contributed by atoms with van der Waals surface area (Å²) in [5.41, 5.74) is 2.37. The molecular weight excluding hydrogens is 332 g/mol. The van der Waals surface area contributed by atoms with Crippen molar-refractivity contribution in [3.8, 4) is 0 Å². The van der Waals surface area contributed by atoms with Crippen molar-refractivity contribution in [1.82, 2.24) is 15.6 Å². The number of thiazole rings is 1. The number of rotatable bonds is 9. The standard InChI is InChI=1S/C19H28N4OS/c1-4-17-13-22-18(25-17)10-11-21-19(20-5-2)23-12-15-8-6-7-9-16(15)14-24-3/h6-9,13H,4-5,10-12,14H2,1-3H3,(H2,20,21,23). The highest BCUT2D eigenvalue weighted by Crippen LogP contribution is 2.13. The van der Waals surface area contributed by atoms with Gasteiger partial charge in [-0.3, -0.25) is 0 Å². The van der Waals surface area contributed by atoms with Gasteiger partial charge in [-0.2, -0.15) is 0 Å². The number of guanidine groups is 1. The molecule has 1 aromatic carbocycles. The maximum absolute atomic E-state index is 5.26. The summed E-state index contributed by atoms with van der Waals surface area (Å²) in [6.07, 6.45) is 3.94. The topological polar surface area (TPSA) is 58.5 Å². The molecule has 6 heteroatoms. The minimum Gasteiger partial charge on any atom is -0.380 e. The van der Waals surface area contributed by atoms with Gasteiger partial charge in [0.2, 0.25) is 0 Å². The largest absolute Gasteiger partial charge is 0.380 e. The van der Waals surface area contributed by atoms with Crippen molar-refractivity contribution in [2.24, 2.45) is 4.99 Å². The summed E-state index contributed by atoms with van der Waals surface area (Å²) in [6, 6.07) is 8.26.